The van der Waals surface area contributed by atoms with E-state index in [0.29, 0.717) is 0 Å². The Morgan fingerprint density at radius 1 is 1.17 bits per heavy atom. The van der Waals surface area contributed by atoms with Crippen LogP contribution < -0.4 is 0 Å². The number of nitrogens with zero attached hydrogens (tertiary/aromatic N) is 1. The Balaban J connectivity index is 2.37. The number of rotatable bonds is 4. The highest BCUT2D eigenvalue weighted by atomic mass is 16.3. The van der Waals surface area contributed by atoms with Crippen LogP contribution in [0.15, 0.2) is 0 Å². The molecule has 0 aliphatic carbocycles. The van der Waals surface area contributed by atoms with E-state index in [1.807, 2.05) is 0 Å². The molecular weight excluding hydrogens is 150 g/mol. The molecule has 0 amide bonds. The first-order valence-electron chi connectivity index (χ1n) is 5.26. The summed E-state index contributed by atoms with van der Waals surface area (Å²) in [6.45, 7) is 7.35. The van der Waals surface area contributed by atoms with Crippen molar-refractivity contribution < 1.29 is 9.59 Å². The van der Waals surface area contributed by atoms with Crippen molar-refractivity contribution in [1.29, 1.82) is 0 Å². The molecule has 0 aromatic heterocycles. The molecule has 1 aliphatic heterocycles. The molecule has 2 heteroatoms. The smallest absolute Gasteiger partial charge is 0.0875 e. The van der Waals surface area contributed by atoms with Crippen LogP contribution in [0.5, 0.6) is 0 Å². The third kappa shape index (κ3) is 2.46. The maximum atomic E-state index is 10.4. The molecular formula is C10H21NO+. The molecule has 1 saturated heterocycles. The van der Waals surface area contributed by atoms with Gasteiger partial charge in [-0.1, -0.05) is 0 Å². The Morgan fingerprint density at radius 3 is 2.33 bits per heavy atom. The largest absolute Gasteiger partial charge is 0.324 e. The summed E-state index contributed by atoms with van der Waals surface area (Å²) in [7, 11) is 0. The van der Waals surface area contributed by atoms with E-state index >= 15 is 0 Å². The molecule has 0 N–H and O–H groups in total. The quantitative estimate of drug-likeness (QED) is 0.575. The summed E-state index contributed by atoms with van der Waals surface area (Å²) in [6, 6.07) is 0. The van der Waals surface area contributed by atoms with Crippen molar-refractivity contribution >= 4 is 0 Å². The average molecular weight is 171 g/mol. The Hall–Kier alpha value is -0.0800. The van der Waals surface area contributed by atoms with E-state index in [-0.39, 0.29) is 6.61 Å². The van der Waals surface area contributed by atoms with Crippen LogP contribution in [0.1, 0.15) is 32.6 Å². The molecule has 1 aliphatic rings. The van der Waals surface area contributed by atoms with Crippen molar-refractivity contribution in [3.63, 3.8) is 0 Å². The first-order chi connectivity index (χ1) is 5.83. The van der Waals surface area contributed by atoms with Gasteiger partial charge in [0.15, 0.2) is 0 Å². The summed E-state index contributed by atoms with van der Waals surface area (Å²) < 4.78 is 1.22. The van der Waals surface area contributed by atoms with Gasteiger partial charge in [0.25, 0.3) is 0 Å². The van der Waals surface area contributed by atoms with E-state index in [1.54, 1.807) is 0 Å². The number of quaternary nitrogens is 1. The van der Waals surface area contributed by atoms with E-state index < -0.39 is 0 Å². The second kappa shape index (κ2) is 4.83. The summed E-state index contributed by atoms with van der Waals surface area (Å²) in [5.41, 5.74) is 0. The van der Waals surface area contributed by atoms with Gasteiger partial charge in [-0.25, -0.2) is 5.11 Å². The van der Waals surface area contributed by atoms with E-state index in [1.165, 1.54) is 43.4 Å². The van der Waals surface area contributed by atoms with Crippen molar-refractivity contribution in [3.05, 3.63) is 0 Å². The van der Waals surface area contributed by atoms with Crippen molar-refractivity contribution in [3.8, 4) is 0 Å². The lowest BCUT2D eigenvalue weighted by molar-refractivity contribution is -0.931. The highest BCUT2D eigenvalue weighted by molar-refractivity contribution is 4.53. The third-order valence-corrected chi connectivity index (χ3v) is 3.21. The standard InChI is InChI=1S/C10H21NO/c1-2-11(9-6-10-12)7-4-3-5-8-11/h2-10H2,1H3/q+1. The third-order valence-electron chi connectivity index (χ3n) is 3.21. The fourth-order valence-corrected chi connectivity index (χ4v) is 2.28. The Morgan fingerprint density at radius 2 is 1.83 bits per heavy atom. The molecule has 71 valence electrons. The molecule has 0 spiro atoms. The zero-order valence-corrected chi connectivity index (χ0v) is 8.22. The van der Waals surface area contributed by atoms with Gasteiger partial charge in [-0.05, 0) is 26.2 Å². The predicted octanol–water partition coefficient (Wildman–Crippen LogP) is 1.83. The van der Waals surface area contributed by atoms with Crippen LogP contribution in [-0.2, 0) is 5.11 Å². The Bertz CT molecular complexity index is 119. The lowest BCUT2D eigenvalue weighted by atomic mass is 10.1. The number of hydrogen-bond donors (Lipinski definition) is 0. The van der Waals surface area contributed by atoms with E-state index in [4.69, 9.17) is 0 Å². The maximum absolute atomic E-state index is 10.4. The van der Waals surface area contributed by atoms with Crippen LogP contribution in [0.3, 0.4) is 0 Å². The summed E-state index contributed by atoms with van der Waals surface area (Å²) in [4.78, 5) is 0. The second-order valence-corrected chi connectivity index (χ2v) is 3.95. The second-order valence-electron chi connectivity index (χ2n) is 3.95. The van der Waals surface area contributed by atoms with Crippen LogP contribution in [-0.4, -0.2) is 37.3 Å². The molecule has 0 atom stereocenters. The summed E-state index contributed by atoms with van der Waals surface area (Å²) in [5, 5.41) is 10.4. The van der Waals surface area contributed by atoms with Gasteiger partial charge in [0.2, 0.25) is 0 Å². The van der Waals surface area contributed by atoms with Gasteiger partial charge in [0.1, 0.15) is 0 Å². The van der Waals surface area contributed by atoms with Gasteiger partial charge in [-0.15, -0.1) is 0 Å². The molecule has 0 saturated carbocycles. The summed E-state index contributed by atoms with van der Waals surface area (Å²) in [6.07, 6.45) is 5.00. The van der Waals surface area contributed by atoms with Gasteiger partial charge >= 0.3 is 0 Å². The minimum atomic E-state index is 0.111. The maximum Gasteiger partial charge on any atom is 0.0875 e. The van der Waals surface area contributed by atoms with E-state index in [9.17, 15) is 5.11 Å². The number of piperidine rings is 1. The van der Waals surface area contributed by atoms with Gasteiger partial charge < -0.3 is 4.48 Å². The van der Waals surface area contributed by atoms with Gasteiger partial charge in [0.05, 0.1) is 32.8 Å². The van der Waals surface area contributed by atoms with Crippen molar-refractivity contribution in [2.24, 2.45) is 0 Å². The topological polar surface area (TPSA) is 19.9 Å². The summed E-state index contributed by atoms with van der Waals surface area (Å²) >= 11 is 0. The molecule has 0 unspecified atom stereocenters. The van der Waals surface area contributed by atoms with Gasteiger partial charge in [-0.3, -0.25) is 0 Å². The molecule has 1 rings (SSSR count). The molecule has 0 bridgehead atoms. The minimum absolute atomic E-state index is 0.111. The van der Waals surface area contributed by atoms with Crippen LogP contribution in [0, 0.1) is 0 Å². The molecule has 1 fully saturated rings. The SMILES string of the molecule is CC[N+]1(CCC[O])CCCCC1. The molecule has 0 aromatic carbocycles. The molecule has 1 heterocycles. The van der Waals surface area contributed by atoms with E-state index in [0.717, 1.165) is 13.0 Å². The Labute approximate surface area is 75.8 Å². The predicted molar refractivity (Wildman–Crippen MR) is 49.4 cm³/mol. The minimum Gasteiger partial charge on any atom is -0.324 e. The highest BCUT2D eigenvalue weighted by Crippen LogP contribution is 2.18. The van der Waals surface area contributed by atoms with Crippen molar-refractivity contribution in [2.45, 2.75) is 32.6 Å². The average Bonchev–Trinajstić information content (AvgIpc) is 2.16. The van der Waals surface area contributed by atoms with Gasteiger partial charge in [-0.2, -0.15) is 0 Å². The van der Waals surface area contributed by atoms with Crippen LogP contribution >= 0.6 is 0 Å². The summed E-state index contributed by atoms with van der Waals surface area (Å²) in [5.74, 6) is 0. The van der Waals surface area contributed by atoms with Crippen LogP contribution in [0.2, 0.25) is 0 Å². The normalized spacial score (nSPS) is 22.5. The lowest BCUT2D eigenvalue weighted by Crippen LogP contribution is -2.51. The molecule has 12 heavy (non-hydrogen) atoms. The van der Waals surface area contributed by atoms with Gasteiger partial charge in [0, 0.05) is 6.42 Å². The van der Waals surface area contributed by atoms with Crippen molar-refractivity contribution in [1.82, 2.24) is 0 Å². The molecule has 1 radical (unpaired) electrons. The first-order valence-corrected chi connectivity index (χ1v) is 5.26. The molecule has 2 nitrogen and oxygen atoms in total. The van der Waals surface area contributed by atoms with Crippen LogP contribution in [0.4, 0.5) is 0 Å². The fourth-order valence-electron chi connectivity index (χ4n) is 2.28. The monoisotopic (exact) mass is 171 g/mol. The first kappa shape index (κ1) is 10.0. The zero-order valence-electron chi connectivity index (χ0n) is 8.22. The van der Waals surface area contributed by atoms with Crippen LogP contribution in [0.25, 0.3) is 0 Å². The Kier molecular flexibility index (Phi) is 4.02. The van der Waals surface area contributed by atoms with E-state index in [2.05, 4.69) is 6.92 Å². The fraction of sp³-hybridized carbons (Fsp3) is 1.00. The number of hydrogen-bond acceptors (Lipinski definition) is 0. The zero-order chi connectivity index (χ0) is 8.86. The van der Waals surface area contributed by atoms with Crippen molar-refractivity contribution in [2.75, 3.05) is 32.8 Å². The lowest BCUT2D eigenvalue weighted by Gasteiger charge is -2.40. The highest BCUT2D eigenvalue weighted by Gasteiger charge is 2.26. The number of likely N-dealkylation sites (tertiary alicyclic amines) is 1. The molecule has 0 aromatic rings.